The molecule has 0 saturated carbocycles. The van der Waals surface area contributed by atoms with Gasteiger partial charge in [0.25, 0.3) is 5.91 Å². The highest BCUT2D eigenvalue weighted by Gasteiger charge is 2.17. The van der Waals surface area contributed by atoms with Gasteiger partial charge in [0.05, 0.1) is 18.3 Å². The van der Waals surface area contributed by atoms with Gasteiger partial charge in [-0.25, -0.2) is 0 Å². The lowest BCUT2D eigenvalue weighted by Gasteiger charge is -2.19. The first-order chi connectivity index (χ1) is 15.0. The Hall–Kier alpha value is -3.17. The van der Waals surface area contributed by atoms with Gasteiger partial charge >= 0.3 is 0 Å². The lowest BCUT2D eigenvalue weighted by atomic mass is 10.0. The SMILES string of the molecule is CCOc1cc(C(=O)N(C)Cc2ccc(C)c3cn[nH]c23)ccc1-c1cccc(P)c1. The predicted octanol–water partition coefficient (Wildman–Crippen LogP) is 4.71. The smallest absolute Gasteiger partial charge is 0.254 e. The average Bonchev–Trinajstić information content (AvgIpc) is 3.26. The van der Waals surface area contributed by atoms with E-state index in [-0.39, 0.29) is 5.91 Å². The molecule has 1 unspecified atom stereocenters. The fraction of sp³-hybridized carbons (Fsp3) is 0.200. The van der Waals surface area contributed by atoms with E-state index in [4.69, 9.17) is 4.74 Å². The highest BCUT2D eigenvalue weighted by Crippen LogP contribution is 2.31. The third kappa shape index (κ3) is 4.33. The van der Waals surface area contributed by atoms with Crippen LogP contribution in [0.1, 0.15) is 28.4 Å². The summed E-state index contributed by atoms with van der Waals surface area (Å²) in [7, 11) is 4.53. The van der Waals surface area contributed by atoms with Gasteiger partial charge in [-0.2, -0.15) is 5.10 Å². The van der Waals surface area contributed by atoms with Gasteiger partial charge in [0, 0.05) is 30.1 Å². The molecule has 5 nitrogen and oxygen atoms in total. The zero-order valence-corrected chi connectivity index (χ0v) is 19.1. The summed E-state index contributed by atoms with van der Waals surface area (Å²) in [6, 6.07) is 18.0. The van der Waals surface area contributed by atoms with E-state index in [1.54, 1.807) is 4.90 Å². The molecule has 0 spiro atoms. The molecule has 4 rings (SSSR count). The molecule has 3 aromatic carbocycles. The number of hydrogen-bond donors (Lipinski definition) is 1. The van der Waals surface area contributed by atoms with Crippen LogP contribution in [0.3, 0.4) is 0 Å². The van der Waals surface area contributed by atoms with Crippen molar-refractivity contribution in [2.24, 2.45) is 0 Å². The number of nitrogens with zero attached hydrogens (tertiary/aromatic N) is 2. The molecule has 0 aliphatic carbocycles. The van der Waals surface area contributed by atoms with Gasteiger partial charge in [-0.1, -0.05) is 30.3 Å². The fourth-order valence-electron chi connectivity index (χ4n) is 3.78. The van der Waals surface area contributed by atoms with E-state index >= 15 is 0 Å². The number of amides is 1. The molecule has 1 heterocycles. The van der Waals surface area contributed by atoms with Crippen molar-refractivity contribution >= 4 is 31.4 Å². The third-order valence-electron chi connectivity index (χ3n) is 5.40. The van der Waals surface area contributed by atoms with E-state index in [2.05, 4.69) is 38.5 Å². The number of aromatic amines is 1. The molecule has 0 radical (unpaired) electrons. The lowest BCUT2D eigenvalue weighted by molar-refractivity contribution is 0.0785. The maximum absolute atomic E-state index is 13.2. The number of H-pyrrole nitrogens is 1. The van der Waals surface area contributed by atoms with Gasteiger partial charge in [-0.05, 0) is 60.1 Å². The molecule has 0 aliphatic heterocycles. The van der Waals surface area contributed by atoms with Crippen LogP contribution >= 0.6 is 9.24 Å². The van der Waals surface area contributed by atoms with Crippen molar-refractivity contribution < 1.29 is 9.53 Å². The minimum Gasteiger partial charge on any atom is -0.493 e. The van der Waals surface area contributed by atoms with Crippen LogP contribution in [0.4, 0.5) is 0 Å². The maximum Gasteiger partial charge on any atom is 0.254 e. The van der Waals surface area contributed by atoms with Gasteiger partial charge < -0.3 is 9.64 Å². The summed E-state index contributed by atoms with van der Waals surface area (Å²) in [4.78, 5) is 14.9. The van der Waals surface area contributed by atoms with Crippen molar-refractivity contribution in [2.45, 2.75) is 20.4 Å². The highest BCUT2D eigenvalue weighted by atomic mass is 31.0. The molecule has 6 heteroatoms. The average molecular weight is 431 g/mol. The van der Waals surface area contributed by atoms with Crippen LogP contribution in [0.5, 0.6) is 5.75 Å². The van der Waals surface area contributed by atoms with Crippen LogP contribution in [0.15, 0.2) is 60.8 Å². The molecule has 0 saturated heterocycles. The van der Waals surface area contributed by atoms with Crippen molar-refractivity contribution in [3.05, 3.63) is 77.5 Å². The Kier molecular flexibility index (Phi) is 6.06. The number of nitrogens with one attached hydrogen (secondary N) is 1. The molecule has 4 aromatic rings. The number of carbonyl (C=O) groups is 1. The Morgan fingerprint density at radius 3 is 2.77 bits per heavy atom. The number of ether oxygens (including phenoxy) is 1. The number of rotatable bonds is 6. The van der Waals surface area contributed by atoms with E-state index in [1.165, 1.54) is 0 Å². The first-order valence-electron chi connectivity index (χ1n) is 10.3. The van der Waals surface area contributed by atoms with Crippen molar-refractivity contribution in [1.29, 1.82) is 0 Å². The third-order valence-corrected chi connectivity index (χ3v) is 5.76. The fourth-order valence-corrected chi connectivity index (χ4v) is 4.07. The highest BCUT2D eigenvalue weighted by molar-refractivity contribution is 7.27. The molecular formula is C25H26N3O2P. The Morgan fingerprint density at radius 1 is 1.16 bits per heavy atom. The summed E-state index contributed by atoms with van der Waals surface area (Å²) >= 11 is 0. The summed E-state index contributed by atoms with van der Waals surface area (Å²) in [6.45, 7) is 5.02. The zero-order chi connectivity index (χ0) is 22.0. The van der Waals surface area contributed by atoms with Crippen LogP contribution in [0, 0.1) is 6.92 Å². The van der Waals surface area contributed by atoms with Crippen LogP contribution < -0.4 is 10.0 Å². The second kappa shape index (κ2) is 8.91. The van der Waals surface area contributed by atoms with Crippen molar-refractivity contribution in [3.8, 4) is 16.9 Å². The molecule has 1 amide bonds. The number of benzene rings is 3. The van der Waals surface area contributed by atoms with Gasteiger partial charge in [-0.15, -0.1) is 9.24 Å². The van der Waals surface area contributed by atoms with E-state index in [0.29, 0.717) is 24.5 Å². The molecule has 1 atom stereocenters. The second-order valence-electron chi connectivity index (χ2n) is 7.63. The number of fused-ring (bicyclic) bond motifs is 1. The van der Waals surface area contributed by atoms with Gasteiger partial charge in [-0.3, -0.25) is 9.89 Å². The first kappa shape index (κ1) is 21.1. The monoisotopic (exact) mass is 431 g/mol. The number of hydrogen-bond acceptors (Lipinski definition) is 3. The van der Waals surface area contributed by atoms with Crippen LogP contribution in [0.25, 0.3) is 22.0 Å². The van der Waals surface area contributed by atoms with Crippen LogP contribution in [0.2, 0.25) is 0 Å². The van der Waals surface area contributed by atoms with E-state index in [1.807, 2.05) is 62.6 Å². The maximum atomic E-state index is 13.2. The summed E-state index contributed by atoms with van der Waals surface area (Å²) in [6.07, 6.45) is 1.83. The minimum absolute atomic E-state index is 0.0551. The normalized spacial score (nSPS) is 11.0. The van der Waals surface area contributed by atoms with Crippen LogP contribution in [-0.4, -0.2) is 34.7 Å². The van der Waals surface area contributed by atoms with Crippen molar-refractivity contribution in [3.63, 3.8) is 0 Å². The summed E-state index contributed by atoms with van der Waals surface area (Å²) in [5.41, 5.74) is 5.81. The predicted molar refractivity (Wildman–Crippen MR) is 129 cm³/mol. The van der Waals surface area contributed by atoms with E-state index in [0.717, 1.165) is 38.5 Å². The topological polar surface area (TPSA) is 58.2 Å². The second-order valence-corrected chi connectivity index (χ2v) is 8.30. The molecule has 0 bridgehead atoms. The molecule has 1 aromatic heterocycles. The number of aryl methyl sites for hydroxylation is 1. The standard InChI is InChI=1S/C25H26N3O2P/c1-4-30-23-13-18(10-11-21(23)17-6-5-7-20(31)12-17)25(29)28(3)15-19-9-8-16(2)22-14-26-27-24(19)22/h5-14H,4,15,31H2,1-3H3,(H,26,27). The Morgan fingerprint density at radius 2 is 2.00 bits per heavy atom. The molecule has 0 fully saturated rings. The summed E-state index contributed by atoms with van der Waals surface area (Å²) < 4.78 is 5.89. The quantitative estimate of drug-likeness (QED) is 0.450. The Bertz CT molecular complexity index is 1250. The van der Waals surface area contributed by atoms with Gasteiger partial charge in [0.15, 0.2) is 0 Å². The minimum atomic E-state index is -0.0551. The van der Waals surface area contributed by atoms with Crippen molar-refractivity contribution in [2.75, 3.05) is 13.7 Å². The van der Waals surface area contributed by atoms with Crippen LogP contribution in [-0.2, 0) is 6.54 Å². The largest absolute Gasteiger partial charge is 0.493 e. The molecule has 1 N–H and O–H groups in total. The summed E-state index contributed by atoms with van der Waals surface area (Å²) in [5, 5.41) is 9.40. The molecule has 0 aliphatic rings. The molecule has 158 valence electrons. The van der Waals surface area contributed by atoms with Gasteiger partial charge in [0.1, 0.15) is 5.75 Å². The summed E-state index contributed by atoms with van der Waals surface area (Å²) in [5.74, 6) is 0.657. The molecular weight excluding hydrogens is 405 g/mol. The van der Waals surface area contributed by atoms with Crippen molar-refractivity contribution in [1.82, 2.24) is 15.1 Å². The van der Waals surface area contributed by atoms with Gasteiger partial charge in [0.2, 0.25) is 0 Å². The Labute approximate surface area is 184 Å². The number of aromatic nitrogens is 2. The van der Waals surface area contributed by atoms with E-state index < -0.39 is 0 Å². The zero-order valence-electron chi connectivity index (χ0n) is 18.0. The Balaban J connectivity index is 1.62. The number of carbonyl (C=O) groups excluding carboxylic acids is 1. The lowest BCUT2D eigenvalue weighted by Crippen LogP contribution is -2.26. The first-order valence-corrected chi connectivity index (χ1v) is 10.9. The van der Waals surface area contributed by atoms with E-state index in [9.17, 15) is 4.79 Å². The molecule has 31 heavy (non-hydrogen) atoms.